The monoisotopic (exact) mass is 422 g/mol. The maximum absolute atomic E-state index is 12.7. The largest absolute Gasteiger partial charge is 0.497 e. The number of nitrogens with zero attached hydrogens (tertiary/aromatic N) is 1. The third-order valence-corrected chi connectivity index (χ3v) is 5.93. The van der Waals surface area contributed by atoms with Gasteiger partial charge in [0, 0.05) is 36.7 Å². The van der Waals surface area contributed by atoms with E-state index in [1.165, 1.54) is 0 Å². The highest BCUT2D eigenvalue weighted by molar-refractivity contribution is 5.98. The van der Waals surface area contributed by atoms with Crippen molar-refractivity contribution in [2.24, 2.45) is 5.92 Å². The van der Waals surface area contributed by atoms with Gasteiger partial charge in [0.1, 0.15) is 11.5 Å². The zero-order valence-corrected chi connectivity index (χ0v) is 17.6. The standard InChI is InChI=1S/C24H26N2O5/c1-30-19-5-2-16(3-6-19)24(29)17-10-12-26(13-11-17)23(28)15-31-20-7-8-21-18(14-20)4-9-22(27)25-21/h2-3,5-8,14,17H,4,9-13,15H2,1H3,(H,25,27). The molecule has 2 aliphatic heterocycles. The van der Waals surface area contributed by atoms with E-state index >= 15 is 0 Å². The Morgan fingerprint density at radius 2 is 1.74 bits per heavy atom. The summed E-state index contributed by atoms with van der Waals surface area (Å²) in [6, 6.07) is 12.6. The van der Waals surface area contributed by atoms with Crippen LogP contribution in [0.4, 0.5) is 5.69 Å². The molecule has 0 aromatic heterocycles. The third-order valence-electron chi connectivity index (χ3n) is 5.93. The number of methoxy groups -OCH3 is 1. The molecule has 0 atom stereocenters. The number of anilines is 1. The molecular formula is C24H26N2O5. The smallest absolute Gasteiger partial charge is 0.260 e. The molecule has 1 N–H and O–H groups in total. The van der Waals surface area contributed by atoms with Crippen molar-refractivity contribution < 1.29 is 23.9 Å². The first kappa shape index (κ1) is 20.9. The Kier molecular flexibility index (Phi) is 6.21. The fourth-order valence-corrected chi connectivity index (χ4v) is 4.07. The van der Waals surface area contributed by atoms with E-state index in [9.17, 15) is 14.4 Å². The molecule has 2 aromatic rings. The Morgan fingerprint density at radius 1 is 1.03 bits per heavy atom. The van der Waals surface area contributed by atoms with E-state index in [4.69, 9.17) is 9.47 Å². The van der Waals surface area contributed by atoms with Crippen LogP contribution in [0.3, 0.4) is 0 Å². The average molecular weight is 422 g/mol. The van der Waals surface area contributed by atoms with Gasteiger partial charge in [0.25, 0.3) is 5.91 Å². The molecule has 0 radical (unpaired) electrons. The van der Waals surface area contributed by atoms with E-state index in [1.54, 1.807) is 42.3 Å². The van der Waals surface area contributed by atoms with Crippen LogP contribution in [0.1, 0.15) is 35.2 Å². The first-order valence-corrected chi connectivity index (χ1v) is 10.5. The molecule has 0 saturated carbocycles. The minimum atomic E-state index is -0.0821. The van der Waals surface area contributed by atoms with Crippen LogP contribution in [-0.4, -0.2) is 49.3 Å². The summed E-state index contributed by atoms with van der Waals surface area (Å²) in [5, 5.41) is 2.83. The minimum Gasteiger partial charge on any atom is -0.497 e. The summed E-state index contributed by atoms with van der Waals surface area (Å²) in [6.07, 6.45) is 2.42. The molecule has 2 aliphatic rings. The number of carbonyl (C=O) groups is 3. The summed E-state index contributed by atoms with van der Waals surface area (Å²) in [4.78, 5) is 38.5. The van der Waals surface area contributed by atoms with Crippen LogP contribution in [0, 0.1) is 5.92 Å². The molecule has 0 unspecified atom stereocenters. The average Bonchev–Trinajstić information content (AvgIpc) is 2.82. The van der Waals surface area contributed by atoms with E-state index in [-0.39, 0.29) is 30.1 Å². The van der Waals surface area contributed by atoms with Gasteiger partial charge in [-0.3, -0.25) is 14.4 Å². The molecule has 0 bridgehead atoms. The molecule has 2 heterocycles. The molecule has 0 aliphatic carbocycles. The third kappa shape index (κ3) is 4.87. The van der Waals surface area contributed by atoms with Gasteiger partial charge in [-0.15, -0.1) is 0 Å². The number of aryl methyl sites for hydroxylation is 1. The first-order valence-electron chi connectivity index (χ1n) is 10.5. The number of ketones is 1. The Labute approximate surface area is 181 Å². The quantitative estimate of drug-likeness (QED) is 0.723. The molecule has 7 nitrogen and oxygen atoms in total. The number of nitrogens with one attached hydrogen (secondary N) is 1. The number of piperidine rings is 1. The summed E-state index contributed by atoms with van der Waals surface area (Å²) < 4.78 is 10.8. The maximum Gasteiger partial charge on any atom is 0.260 e. The predicted molar refractivity (Wildman–Crippen MR) is 116 cm³/mol. The molecule has 4 rings (SSSR count). The number of fused-ring (bicyclic) bond motifs is 1. The number of likely N-dealkylation sites (tertiary alicyclic amines) is 1. The van der Waals surface area contributed by atoms with E-state index < -0.39 is 0 Å². The number of rotatable bonds is 6. The Hall–Kier alpha value is -3.35. The van der Waals surface area contributed by atoms with E-state index in [0.717, 1.165) is 17.0 Å². The second kappa shape index (κ2) is 9.20. The van der Waals surface area contributed by atoms with Crippen molar-refractivity contribution in [1.82, 2.24) is 4.90 Å². The highest BCUT2D eigenvalue weighted by atomic mass is 16.5. The lowest BCUT2D eigenvalue weighted by atomic mass is 9.89. The molecule has 1 fully saturated rings. The SMILES string of the molecule is COc1ccc(C(=O)C2CCN(C(=O)COc3ccc4c(c3)CCC(=O)N4)CC2)cc1. The Bertz CT molecular complexity index is 978. The van der Waals surface area contributed by atoms with Crippen molar-refractivity contribution in [3.8, 4) is 11.5 Å². The molecule has 2 amide bonds. The summed E-state index contributed by atoms with van der Waals surface area (Å²) in [6.45, 7) is 1.05. The number of ether oxygens (including phenoxy) is 2. The molecule has 1 saturated heterocycles. The Morgan fingerprint density at radius 3 is 2.45 bits per heavy atom. The van der Waals surface area contributed by atoms with Crippen molar-refractivity contribution in [3.63, 3.8) is 0 Å². The molecule has 162 valence electrons. The van der Waals surface area contributed by atoms with Gasteiger partial charge in [0.2, 0.25) is 5.91 Å². The van der Waals surface area contributed by atoms with Crippen molar-refractivity contribution in [2.75, 3.05) is 32.1 Å². The predicted octanol–water partition coefficient (Wildman–Crippen LogP) is 3.08. The fourth-order valence-electron chi connectivity index (χ4n) is 4.07. The number of hydrogen-bond acceptors (Lipinski definition) is 5. The Balaban J connectivity index is 1.26. The van der Waals surface area contributed by atoms with Gasteiger partial charge in [-0.2, -0.15) is 0 Å². The topological polar surface area (TPSA) is 84.9 Å². The zero-order valence-electron chi connectivity index (χ0n) is 17.6. The van der Waals surface area contributed by atoms with Crippen LogP contribution in [-0.2, 0) is 16.0 Å². The fraction of sp³-hybridized carbons (Fsp3) is 0.375. The minimum absolute atomic E-state index is 0.0187. The lowest BCUT2D eigenvalue weighted by molar-refractivity contribution is -0.134. The first-order chi connectivity index (χ1) is 15.0. The summed E-state index contributed by atoms with van der Waals surface area (Å²) in [5.41, 5.74) is 2.50. The lowest BCUT2D eigenvalue weighted by Gasteiger charge is -2.31. The lowest BCUT2D eigenvalue weighted by Crippen LogP contribution is -2.42. The number of hydrogen-bond donors (Lipinski definition) is 1. The second-order valence-corrected chi connectivity index (χ2v) is 7.90. The molecule has 31 heavy (non-hydrogen) atoms. The van der Waals surface area contributed by atoms with Crippen molar-refractivity contribution in [3.05, 3.63) is 53.6 Å². The van der Waals surface area contributed by atoms with Crippen molar-refractivity contribution in [1.29, 1.82) is 0 Å². The van der Waals surface area contributed by atoms with Crippen LogP contribution < -0.4 is 14.8 Å². The van der Waals surface area contributed by atoms with Gasteiger partial charge in [0.05, 0.1) is 7.11 Å². The van der Waals surface area contributed by atoms with Crippen molar-refractivity contribution in [2.45, 2.75) is 25.7 Å². The van der Waals surface area contributed by atoms with Crippen LogP contribution in [0.15, 0.2) is 42.5 Å². The van der Waals surface area contributed by atoms with E-state index in [0.29, 0.717) is 50.1 Å². The van der Waals surface area contributed by atoms with Gasteiger partial charge in [-0.05, 0) is 67.3 Å². The summed E-state index contributed by atoms with van der Waals surface area (Å²) in [7, 11) is 1.60. The molecular weight excluding hydrogens is 396 g/mol. The highest BCUT2D eigenvalue weighted by Crippen LogP contribution is 2.27. The van der Waals surface area contributed by atoms with Gasteiger partial charge < -0.3 is 19.7 Å². The van der Waals surface area contributed by atoms with Crippen LogP contribution in [0.5, 0.6) is 11.5 Å². The van der Waals surface area contributed by atoms with Gasteiger partial charge in [-0.1, -0.05) is 0 Å². The van der Waals surface area contributed by atoms with Gasteiger partial charge in [-0.25, -0.2) is 0 Å². The van der Waals surface area contributed by atoms with Gasteiger partial charge in [0.15, 0.2) is 12.4 Å². The van der Waals surface area contributed by atoms with Crippen LogP contribution >= 0.6 is 0 Å². The normalized spacial score (nSPS) is 16.3. The number of amides is 2. The van der Waals surface area contributed by atoms with Crippen LogP contribution in [0.25, 0.3) is 0 Å². The molecule has 0 spiro atoms. The van der Waals surface area contributed by atoms with Crippen molar-refractivity contribution >= 4 is 23.3 Å². The summed E-state index contributed by atoms with van der Waals surface area (Å²) in [5.74, 6) is 1.32. The van der Waals surface area contributed by atoms with E-state index in [1.807, 2.05) is 12.1 Å². The van der Waals surface area contributed by atoms with Crippen LogP contribution in [0.2, 0.25) is 0 Å². The number of Topliss-reactive ketones (excluding diaryl/α,β-unsaturated/α-hetero) is 1. The van der Waals surface area contributed by atoms with E-state index in [2.05, 4.69) is 5.32 Å². The summed E-state index contributed by atoms with van der Waals surface area (Å²) >= 11 is 0. The molecule has 2 aromatic carbocycles. The highest BCUT2D eigenvalue weighted by Gasteiger charge is 2.28. The second-order valence-electron chi connectivity index (χ2n) is 7.90. The maximum atomic E-state index is 12.7. The zero-order chi connectivity index (χ0) is 21.8. The van der Waals surface area contributed by atoms with Gasteiger partial charge >= 0.3 is 0 Å². The number of benzene rings is 2. The molecule has 7 heteroatoms. The number of carbonyl (C=O) groups excluding carboxylic acids is 3.